The van der Waals surface area contributed by atoms with Crippen LogP contribution < -0.4 is 5.73 Å². The molecule has 3 nitrogen and oxygen atoms in total. The SMILES string of the molecule is Cc1cccc(C(=O)N2CC(N)CC2(C)C)c1. The van der Waals surface area contributed by atoms with E-state index in [9.17, 15) is 4.79 Å². The highest BCUT2D eigenvalue weighted by atomic mass is 16.2. The molecule has 3 heteroatoms. The first-order valence-electron chi connectivity index (χ1n) is 6.04. The average molecular weight is 232 g/mol. The van der Waals surface area contributed by atoms with Crippen molar-refractivity contribution in [2.75, 3.05) is 6.54 Å². The van der Waals surface area contributed by atoms with Gasteiger partial charge < -0.3 is 10.6 Å². The van der Waals surface area contributed by atoms with Crippen molar-refractivity contribution < 1.29 is 4.79 Å². The Labute approximate surface area is 103 Å². The molecule has 92 valence electrons. The first-order valence-corrected chi connectivity index (χ1v) is 6.04. The highest BCUT2D eigenvalue weighted by Gasteiger charge is 2.39. The normalized spacial score (nSPS) is 22.8. The van der Waals surface area contributed by atoms with Crippen LogP contribution in [0.15, 0.2) is 24.3 Å². The number of nitrogens with two attached hydrogens (primary N) is 1. The summed E-state index contributed by atoms with van der Waals surface area (Å²) in [5.41, 5.74) is 7.68. The summed E-state index contributed by atoms with van der Waals surface area (Å²) in [5.74, 6) is 0.0895. The van der Waals surface area contributed by atoms with Crippen LogP contribution in [-0.4, -0.2) is 28.9 Å². The summed E-state index contributed by atoms with van der Waals surface area (Å²) in [6, 6.07) is 7.82. The quantitative estimate of drug-likeness (QED) is 0.804. The van der Waals surface area contributed by atoms with Gasteiger partial charge in [0.05, 0.1) is 0 Å². The fourth-order valence-corrected chi connectivity index (χ4v) is 2.59. The minimum absolute atomic E-state index is 0.0895. The largest absolute Gasteiger partial charge is 0.332 e. The van der Waals surface area contributed by atoms with E-state index in [-0.39, 0.29) is 17.5 Å². The highest BCUT2D eigenvalue weighted by Crippen LogP contribution is 2.29. The van der Waals surface area contributed by atoms with Gasteiger partial charge in [0.15, 0.2) is 0 Å². The summed E-state index contributed by atoms with van der Waals surface area (Å²) >= 11 is 0. The molecular formula is C14H20N2O. The van der Waals surface area contributed by atoms with Crippen LogP contribution in [0.1, 0.15) is 36.2 Å². The minimum Gasteiger partial charge on any atom is -0.332 e. The summed E-state index contributed by atoms with van der Waals surface area (Å²) in [6.45, 7) is 6.80. The number of hydrogen-bond acceptors (Lipinski definition) is 2. The van der Waals surface area contributed by atoms with E-state index < -0.39 is 0 Å². The van der Waals surface area contributed by atoms with E-state index in [1.165, 1.54) is 0 Å². The standard InChI is InChI=1S/C14H20N2O/c1-10-5-4-6-11(7-10)13(17)16-9-12(15)8-14(16,2)3/h4-7,12H,8-9,15H2,1-3H3. The summed E-state index contributed by atoms with van der Waals surface area (Å²) < 4.78 is 0. The zero-order chi connectivity index (χ0) is 12.6. The molecule has 0 aliphatic carbocycles. The lowest BCUT2D eigenvalue weighted by Gasteiger charge is -2.31. The number of amides is 1. The number of carbonyl (C=O) groups is 1. The van der Waals surface area contributed by atoms with Gasteiger partial charge in [-0.05, 0) is 39.3 Å². The number of hydrogen-bond donors (Lipinski definition) is 1. The van der Waals surface area contributed by atoms with Gasteiger partial charge in [0, 0.05) is 23.7 Å². The second-order valence-electron chi connectivity index (χ2n) is 5.56. The van der Waals surface area contributed by atoms with E-state index in [1.54, 1.807) is 0 Å². The van der Waals surface area contributed by atoms with Crippen LogP contribution in [0.5, 0.6) is 0 Å². The third-order valence-corrected chi connectivity index (χ3v) is 3.42. The Morgan fingerprint density at radius 1 is 1.47 bits per heavy atom. The number of benzene rings is 1. The molecule has 1 aliphatic heterocycles. The van der Waals surface area contributed by atoms with Crippen LogP contribution in [0.3, 0.4) is 0 Å². The Morgan fingerprint density at radius 2 is 2.18 bits per heavy atom. The third-order valence-electron chi connectivity index (χ3n) is 3.42. The van der Waals surface area contributed by atoms with Crippen molar-refractivity contribution in [1.29, 1.82) is 0 Å². The van der Waals surface area contributed by atoms with Gasteiger partial charge in [-0.15, -0.1) is 0 Å². The van der Waals surface area contributed by atoms with Gasteiger partial charge in [0.1, 0.15) is 0 Å². The van der Waals surface area contributed by atoms with Crippen molar-refractivity contribution in [3.05, 3.63) is 35.4 Å². The predicted molar refractivity (Wildman–Crippen MR) is 68.9 cm³/mol. The lowest BCUT2D eigenvalue weighted by Crippen LogP contribution is -2.42. The molecule has 0 aromatic heterocycles. The molecule has 1 aliphatic rings. The molecule has 1 heterocycles. The summed E-state index contributed by atoms with van der Waals surface area (Å²) in [6.07, 6.45) is 0.866. The van der Waals surface area contributed by atoms with Crippen LogP contribution in [0.4, 0.5) is 0 Å². The Kier molecular flexibility index (Phi) is 2.96. The first kappa shape index (κ1) is 12.1. The molecule has 0 radical (unpaired) electrons. The second-order valence-corrected chi connectivity index (χ2v) is 5.56. The van der Waals surface area contributed by atoms with Crippen LogP contribution >= 0.6 is 0 Å². The number of likely N-dealkylation sites (tertiary alicyclic amines) is 1. The highest BCUT2D eigenvalue weighted by molar-refractivity contribution is 5.95. The van der Waals surface area contributed by atoms with Crippen LogP contribution in [-0.2, 0) is 0 Å². The van der Waals surface area contributed by atoms with Gasteiger partial charge in [0.2, 0.25) is 0 Å². The molecule has 1 fully saturated rings. The molecule has 2 N–H and O–H groups in total. The smallest absolute Gasteiger partial charge is 0.254 e. The lowest BCUT2D eigenvalue weighted by atomic mass is 10.00. The van der Waals surface area contributed by atoms with Gasteiger partial charge in [-0.3, -0.25) is 4.79 Å². The van der Waals surface area contributed by atoms with Crippen LogP contribution in [0.25, 0.3) is 0 Å². The Morgan fingerprint density at radius 3 is 2.71 bits per heavy atom. The lowest BCUT2D eigenvalue weighted by molar-refractivity contribution is 0.0651. The van der Waals surface area contributed by atoms with Gasteiger partial charge in [-0.1, -0.05) is 17.7 Å². The van der Waals surface area contributed by atoms with E-state index in [0.29, 0.717) is 6.54 Å². The fourth-order valence-electron chi connectivity index (χ4n) is 2.59. The maximum Gasteiger partial charge on any atom is 0.254 e. The number of rotatable bonds is 1. The Bertz CT molecular complexity index is 440. The molecular weight excluding hydrogens is 212 g/mol. The summed E-state index contributed by atoms with van der Waals surface area (Å²) in [5, 5.41) is 0. The number of carbonyl (C=O) groups excluding carboxylic acids is 1. The Hall–Kier alpha value is -1.35. The van der Waals surface area contributed by atoms with E-state index in [2.05, 4.69) is 13.8 Å². The van der Waals surface area contributed by atoms with Crippen molar-refractivity contribution in [2.45, 2.75) is 38.8 Å². The molecule has 17 heavy (non-hydrogen) atoms. The van der Waals surface area contributed by atoms with Crippen LogP contribution in [0.2, 0.25) is 0 Å². The monoisotopic (exact) mass is 232 g/mol. The van der Waals surface area contributed by atoms with E-state index >= 15 is 0 Å². The second kappa shape index (κ2) is 4.15. The number of nitrogens with zero attached hydrogens (tertiary/aromatic N) is 1. The molecule has 1 aromatic rings. The average Bonchev–Trinajstić information content (AvgIpc) is 2.51. The molecule has 0 bridgehead atoms. The molecule has 1 aromatic carbocycles. The molecule has 0 saturated carbocycles. The maximum atomic E-state index is 12.4. The third kappa shape index (κ3) is 2.34. The van der Waals surface area contributed by atoms with E-state index in [4.69, 9.17) is 5.73 Å². The zero-order valence-electron chi connectivity index (χ0n) is 10.7. The molecule has 1 atom stereocenters. The van der Waals surface area contributed by atoms with E-state index in [0.717, 1.165) is 17.5 Å². The van der Waals surface area contributed by atoms with Crippen molar-refractivity contribution in [3.8, 4) is 0 Å². The van der Waals surface area contributed by atoms with Crippen molar-refractivity contribution >= 4 is 5.91 Å². The maximum absolute atomic E-state index is 12.4. The van der Waals surface area contributed by atoms with Gasteiger partial charge in [-0.25, -0.2) is 0 Å². The zero-order valence-corrected chi connectivity index (χ0v) is 10.7. The van der Waals surface area contributed by atoms with Gasteiger partial charge >= 0.3 is 0 Å². The molecule has 1 unspecified atom stereocenters. The predicted octanol–water partition coefficient (Wildman–Crippen LogP) is 1.95. The van der Waals surface area contributed by atoms with Crippen molar-refractivity contribution in [2.24, 2.45) is 5.73 Å². The Balaban J connectivity index is 2.26. The first-order chi connectivity index (χ1) is 7.90. The van der Waals surface area contributed by atoms with E-state index in [1.807, 2.05) is 36.1 Å². The molecule has 0 spiro atoms. The fraction of sp³-hybridized carbons (Fsp3) is 0.500. The minimum atomic E-state index is -0.139. The summed E-state index contributed by atoms with van der Waals surface area (Å²) in [7, 11) is 0. The molecule has 1 saturated heterocycles. The van der Waals surface area contributed by atoms with Crippen LogP contribution in [0, 0.1) is 6.92 Å². The van der Waals surface area contributed by atoms with Gasteiger partial charge in [-0.2, -0.15) is 0 Å². The van der Waals surface area contributed by atoms with Crippen molar-refractivity contribution in [1.82, 2.24) is 4.90 Å². The molecule has 2 rings (SSSR count). The van der Waals surface area contributed by atoms with Crippen molar-refractivity contribution in [3.63, 3.8) is 0 Å². The van der Waals surface area contributed by atoms with Gasteiger partial charge in [0.25, 0.3) is 5.91 Å². The summed E-state index contributed by atoms with van der Waals surface area (Å²) in [4.78, 5) is 14.3. The topological polar surface area (TPSA) is 46.3 Å². The molecule has 1 amide bonds. The number of aryl methyl sites for hydroxylation is 1.